The van der Waals surface area contributed by atoms with E-state index in [0.717, 1.165) is 17.6 Å². The maximum atomic E-state index is 5.88. The van der Waals surface area contributed by atoms with E-state index in [1.165, 1.54) is 31.4 Å². The molecule has 0 bridgehead atoms. The number of rotatable bonds is 6. The van der Waals surface area contributed by atoms with Gasteiger partial charge in [-0.05, 0) is 63.5 Å². The monoisotopic (exact) mass is 245 g/mol. The minimum Gasteiger partial charge on any atom is -0.489 e. The van der Waals surface area contributed by atoms with Crippen LogP contribution in [0.15, 0.2) is 24.3 Å². The van der Waals surface area contributed by atoms with Crippen LogP contribution in [0, 0.1) is 11.8 Å². The van der Waals surface area contributed by atoms with Gasteiger partial charge in [-0.25, -0.2) is 0 Å². The Bertz CT molecular complexity index is 395. The van der Waals surface area contributed by atoms with Gasteiger partial charge in [0.2, 0.25) is 0 Å². The molecule has 2 aliphatic rings. The van der Waals surface area contributed by atoms with Gasteiger partial charge in [0.15, 0.2) is 0 Å². The van der Waals surface area contributed by atoms with Crippen LogP contribution in [0.5, 0.6) is 5.75 Å². The Morgan fingerprint density at radius 3 is 2.22 bits per heavy atom. The first kappa shape index (κ1) is 11.9. The molecule has 0 atom stereocenters. The number of para-hydroxylation sites is 2. The maximum absolute atomic E-state index is 5.88. The van der Waals surface area contributed by atoms with E-state index in [2.05, 4.69) is 37.4 Å². The quantitative estimate of drug-likeness (QED) is 0.815. The molecule has 3 rings (SSSR count). The van der Waals surface area contributed by atoms with Gasteiger partial charge in [0, 0.05) is 6.04 Å². The summed E-state index contributed by atoms with van der Waals surface area (Å²) in [6.45, 7) is 4.16. The molecule has 1 N–H and O–H groups in total. The third-order valence-corrected chi connectivity index (χ3v) is 3.83. The fraction of sp³-hybridized carbons (Fsp3) is 0.625. The van der Waals surface area contributed by atoms with Crippen molar-refractivity contribution in [1.82, 2.24) is 0 Å². The van der Waals surface area contributed by atoms with Gasteiger partial charge in [-0.2, -0.15) is 0 Å². The molecule has 2 nitrogen and oxygen atoms in total. The summed E-state index contributed by atoms with van der Waals surface area (Å²) in [5, 5.41) is 3.75. The average Bonchev–Trinajstić information content (AvgIpc) is 3.20. The van der Waals surface area contributed by atoms with Gasteiger partial charge in [-0.15, -0.1) is 0 Å². The van der Waals surface area contributed by atoms with E-state index >= 15 is 0 Å². The van der Waals surface area contributed by atoms with Crippen LogP contribution >= 0.6 is 0 Å². The number of hydrogen-bond acceptors (Lipinski definition) is 2. The molecule has 98 valence electrons. The molecule has 2 fully saturated rings. The van der Waals surface area contributed by atoms with E-state index in [-0.39, 0.29) is 6.10 Å². The molecule has 1 aromatic rings. The number of hydrogen-bond donors (Lipinski definition) is 1. The minimum atomic E-state index is 0.230. The molecule has 18 heavy (non-hydrogen) atoms. The van der Waals surface area contributed by atoms with Crippen LogP contribution in [0.25, 0.3) is 0 Å². The molecule has 0 heterocycles. The minimum absolute atomic E-state index is 0.230. The molecule has 0 saturated heterocycles. The lowest BCUT2D eigenvalue weighted by molar-refractivity contribution is 0.243. The second-order valence-corrected chi connectivity index (χ2v) is 6.01. The van der Waals surface area contributed by atoms with Gasteiger partial charge < -0.3 is 10.1 Å². The normalized spacial score (nSPS) is 19.3. The second-order valence-electron chi connectivity index (χ2n) is 6.01. The summed E-state index contributed by atoms with van der Waals surface area (Å²) in [6.07, 6.45) is 5.85. The Labute approximate surface area is 110 Å². The van der Waals surface area contributed by atoms with Crippen LogP contribution < -0.4 is 10.1 Å². The summed E-state index contributed by atoms with van der Waals surface area (Å²) in [5.74, 6) is 2.81. The summed E-state index contributed by atoms with van der Waals surface area (Å²) < 4.78 is 5.88. The van der Waals surface area contributed by atoms with Crippen LogP contribution in [0.2, 0.25) is 0 Å². The highest BCUT2D eigenvalue weighted by Gasteiger charge is 2.41. The molecular weight excluding hydrogens is 222 g/mol. The fourth-order valence-electron chi connectivity index (χ4n) is 2.65. The largest absolute Gasteiger partial charge is 0.489 e. The molecule has 2 aliphatic carbocycles. The first-order chi connectivity index (χ1) is 8.74. The van der Waals surface area contributed by atoms with E-state index in [4.69, 9.17) is 4.74 Å². The summed E-state index contributed by atoms with van der Waals surface area (Å²) in [6, 6.07) is 9.04. The molecule has 2 saturated carbocycles. The van der Waals surface area contributed by atoms with Gasteiger partial charge in [-0.3, -0.25) is 0 Å². The SMILES string of the molecule is CC(C)Oc1ccccc1NC(C1CC1)C1CC1. The summed E-state index contributed by atoms with van der Waals surface area (Å²) in [4.78, 5) is 0. The molecule has 0 spiro atoms. The number of nitrogens with one attached hydrogen (secondary N) is 1. The Balaban J connectivity index is 1.73. The predicted molar refractivity (Wildman–Crippen MR) is 75.1 cm³/mol. The molecule has 1 aromatic carbocycles. The number of anilines is 1. The number of benzene rings is 1. The van der Waals surface area contributed by atoms with E-state index in [9.17, 15) is 0 Å². The molecule has 0 amide bonds. The summed E-state index contributed by atoms with van der Waals surface area (Å²) in [7, 11) is 0. The standard InChI is InChI=1S/C16H23NO/c1-11(2)18-15-6-4-3-5-14(15)17-16(12-7-8-12)13-9-10-13/h3-6,11-13,16-17H,7-10H2,1-2H3. The summed E-state index contributed by atoms with van der Waals surface area (Å²) >= 11 is 0. The highest BCUT2D eigenvalue weighted by Crippen LogP contribution is 2.46. The average molecular weight is 245 g/mol. The number of ether oxygens (including phenoxy) is 1. The molecule has 0 aliphatic heterocycles. The third-order valence-electron chi connectivity index (χ3n) is 3.83. The van der Waals surface area contributed by atoms with Crippen LogP contribution in [-0.4, -0.2) is 12.1 Å². The van der Waals surface area contributed by atoms with E-state index in [0.29, 0.717) is 6.04 Å². The highest BCUT2D eigenvalue weighted by atomic mass is 16.5. The van der Waals surface area contributed by atoms with Crippen LogP contribution in [-0.2, 0) is 0 Å². The van der Waals surface area contributed by atoms with Crippen molar-refractivity contribution in [1.29, 1.82) is 0 Å². The lowest BCUT2D eigenvalue weighted by Gasteiger charge is -2.22. The van der Waals surface area contributed by atoms with Crippen LogP contribution in [0.3, 0.4) is 0 Å². The smallest absolute Gasteiger partial charge is 0.142 e. The zero-order chi connectivity index (χ0) is 12.5. The van der Waals surface area contributed by atoms with Crippen molar-refractivity contribution in [3.05, 3.63) is 24.3 Å². The van der Waals surface area contributed by atoms with Crippen molar-refractivity contribution in [2.24, 2.45) is 11.8 Å². The van der Waals surface area contributed by atoms with Crippen molar-refractivity contribution in [3.63, 3.8) is 0 Å². The highest BCUT2D eigenvalue weighted by molar-refractivity contribution is 5.57. The van der Waals surface area contributed by atoms with Crippen LogP contribution in [0.1, 0.15) is 39.5 Å². The van der Waals surface area contributed by atoms with Crippen molar-refractivity contribution in [2.75, 3.05) is 5.32 Å². The lowest BCUT2D eigenvalue weighted by Crippen LogP contribution is -2.24. The molecular formula is C16H23NO. The van der Waals surface area contributed by atoms with Crippen molar-refractivity contribution < 1.29 is 4.74 Å². The fourth-order valence-corrected chi connectivity index (χ4v) is 2.65. The maximum Gasteiger partial charge on any atom is 0.142 e. The second kappa shape index (κ2) is 4.83. The van der Waals surface area contributed by atoms with Crippen molar-refractivity contribution in [3.8, 4) is 5.75 Å². The Morgan fingerprint density at radius 1 is 1.06 bits per heavy atom. The topological polar surface area (TPSA) is 21.3 Å². The van der Waals surface area contributed by atoms with Gasteiger partial charge in [0.05, 0.1) is 11.8 Å². The van der Waals surface area contributed by atoms with E-state index < -0.39 is 0 Å². The van der Waals surface area contributed by atoms with Crippen LogP contribution in [0.4, 0.5) is 5.69 Å². The van der Waals surface area contributed by atoms with Crippen molar-refractivity contribution >= 4 is 5.69 Å². The van der Waals surface area contributed by atoms with Gasteiger partial charge in [0.1, 0.15) is 5.75 Å². The molecule has 0 radical (unpaired) electrons. The first-order valence-corrected chi connectivity index (χ1v) is 7.26. The van der Waals surface area contributed by atoms with E-state index in [1.807, 2.05) is 6.07 Å². The Morgan fingerprint density at radius 2 is 1.67 bits per heavy atom. The van der Waals surface area contributed by atoms with E-state index in [1.54, 1.807) is 0 Å². The van der Waals surface area contributed by atoms with Gasteiger partial charge in [-0.1, -0.05) is 12.1 Å². The Hall–Kier alpha value is -1.18. The molecule has 0 unspecified atom stereocenters. The molecule has 2 heteroatoms. The van der Waals surface area contributed by atoms with Crippen molar-refractivity contribution in [2.45, 2.75) is 51.7 Å². The zero-order valence-corrected chi connectivity index (χ0v) is 11.4. The first-order valence-electron chi connectivity index (χ1n) is 7.26. The zero-order valence-electron chi connectivity index (χ0n) is 11.4. The Kier molecular flexibility index (Phi) is 3.19. The third kappa shape index (κ3) is 2.80. The molecule has 0 aromatic heterocycles. The lowest BCUT2D eigenvalue weighted by atomic mass is 10.1. The predicted octanol–water partition coefficient (Wildman–Crippen LogP) is 4.07. The summed E-state index contributed by atoms with van der Waals surface area (Å²) in [5.41, 5.74) is 1.18. The van der Waals surface area contributed by atoms with Gasteiger partial charge >= 0.3 is 0 Å². The van der Waals surface area contributed by atoms with Gasteiger partial charge in [0.25, 0.3) is 0 Å².